The van der Waals surface area contributed by atoms with Gasteiger partial charge in [0.15, 0.2) is 0 Å². The number of fused-ring (bicyclic) bond motifs is 1. The number of benzene rings is 2. The Morgan fingerprint density at radius 3 is 2.60 bits per heavy atom. The van der Waals surface area contributed by atoms with Crippen LogP contribution < -0.4 is 9.64 Å². The zero-order valence-electron chi connectivity index (χ0n) is 23.9. The van der Waals surface area contributed by atoms with Crippen molar-refractivity contribution in [3.63, 3.8) is 0 Å². The molecule has 10 heteroatoms. The number of H-pyrrole nitrogens is 1. The summed E-state index contributed by atoms with van der Waals surface area (Å²) in [6, 6.07) is 14.8. The van der Waals surface area contributed by atoms with Gasteiger partial charge >= 0.3 is 0 Å². The SMILES string of the molecule is O=C(Cc1ccc(OCC[C@@H]2CC2C2CCN(c3ncc(Cl)cn3)CC2)cc1F)N1Cc2nc(-c3ccccc3)[nH]c2C1. The average molecular weight is 601 g/mol. The Bertz CT molecular complexity index is 1570. The van der Waals surface area contributed by atoms with Gasteiger partial charge in [-0.15, -0.1) is 0 Å². The second kappa shape index (κ2) is 12.0. The van der Waals surface area contributed by atoms with Crippen LogP contribution in [0.3, 0.4) is 0 Å². The van der Waals surface area contributed by atoms with E-state index in [-0.39, 0.29) is 12.3 Å². The van der Waals surface area contributed by atoms with E-state index in [1.54, 1.807) is 29.4 Å². The molecule has 1 N–H and O–H groups in total. The number of aromatic nitrogens is 4. The van der Waals surface area contributed by atoms with Crippen LogP contribution in [-0.4, -0.2) is 50.4 Å². The first kappa shape index (κ1) is 27.8. The summed E-state index contributed by atoms with van der Waals surface area (Å²) < 4.78 is 20.8. The number of nitrogens with one attached hydrogen (secondary N) is 1. The van der Waals surface area contributed by atoms with Gasteiger partial charge in [0.1, 0.15) is 17.4 Å². The van der Waals surface area contributed by atoms with Gasteiger partial charge in [0.2, 0.25) is 11.9 Å². The lowest BCUT2D eigenvalue weighted by atomic mass is 9.90. The monoisotopic (exact) mass is 600 g/mol. The van der Waals surface area contributed by atoms with Crippen LogP contribution in [0.25, 0.3) is 11.4 Å². The van der Waals surface area contributed by atoms with Crippen LogP contribution in [0.2, 0.25) is 5.02 Å². The third-order valence-electron chi connectivity index (χ3n) is 9.09. The molecule has 2 aromatic carbocycles. The number of hydrogen-bond acceptors (Lipinski definition) is 6. The van der Waals surface area contributed by atoms with Gasteiger partial charge in [-0.1, -0.05) is 48.0 Å². The number of rotatable bonds is 9. The first-order valence-electron chi connectivity index (χ1n) is 15.0. The van der Waals surface area contributed by atoms with E-state index < -0.39 is 5.82 Å². The van der Waals surface area contributed by atoms with Crippen LogP contribution in [0, 0.1) is 23.6 Å². The van der Waals surface area contributed by atoms with Gasteiger partial charge < -0.3 is 19.5 Å². The van der Waals surface area contributed by atoms with Crippen molar-refractivity contribution in [1.82, 2.24) is 24.8 Å². The topological polar surface area (TPSA) is 87.2 Å². The number of anilines is 1. The molecule has 2 aromatic heterocycles. The minimum absolute atomic E-state index is 0.00858. The molecule has 1 unspecified atom stereocenters. The number of hydrogen-bond donors (Lipinski definition) is 1. The van der Waals surface area contributed by atoms with E-state index in [1.165, 1.54) is 12.5 Å². The molecule has 0 spiro atoms. The molecule has 1 aliphatic carbocycles. The zero-order valence-corrected chi connectivity index (χ0v) is 24.6. The second-order valence-corrected chi connectivity index (χ2v) is 12.3. The molecule has 1 saturated carbocycles. The van der Waals surface area contributed by atoms with Crippen LogP contribution in [0.15, 0.2) is 60.9 Å². The van der Waals surface area contributed by atoms with Crippen molar-refractivity contribution in [2.75, 3.05) is 24.6 Å². The van der Waals surface area contributed by atoms with Crippen LogP contribution in [0.1, 0.15) is 42.6 Å². The van der Waals surface area contributed by atoms with E-state index in [9.17, 15) is 9.18 Å². The number of carbonyl (C=O) groups excluding carboxylic acids is 1. The third kappa shape index (κ3) is 6.22. The summed E-state index contributed by atoms with van der Waals surface area (Å²) in [4.78, 5) is 33.6. The maximum Gasteiger partial charge on any atom is 0.227 e. The van der Waals surface area contributed by atoms with Gasteiger partial charge in [0.25, 0.3) is 0 Å². The third-order valence-corrected chi connectivity index (χ3v) is 9.28. The fraction of sp³-hybridized carbons (Fsp3) is 0.394. The van der Waals surface area contributed by atoms with Gasteiger partial charge in [-0.25, -0.2) is 19.3 Å². The van der Waals surface area contributed by atoms with Crippen LogP contribution in [-0.2, 0) is 24.3 Å². The molecule has 3 aliphatic rings. The Labute approximate surface area is 255 Å². The van der Waals surface area contributed by atoms with E-state index in [0.29, 0.717) is 41.9 Å². The van der Waals surface area contributed by atoms with E-state index in [1.807, 2.05) is 30.3 Å². The quantitative estimate of drug-likeness (QED) is 0.251. The maximum atomic E-state index is 14.9. The summed E-state index contributed by atoms with van der Waals surface area (Å²) in [5, 5.41) is 0.556. The Kier molecular flexibility index (Phi) is 7.74. The molecule has 4 heterocycles. The van der Waals surface area contributed by atoms with Crippen molar-refractivity contribution in [2.24, 2.45) is 17.8 Å². The molecule has 222 valence electrons. The van der Waals surface area contributed by atoms with Crippen LogP contribution >= 0.6 is 11.6 Å². The van der Waals surface area contributed by atoms with E-state index in [0.717, 1.165) is 72.9 Å². The highest BCUT2D eigenvalue weighted by molar-refractivity contribution is 6.30. The minimum atomic E-state index is -0.409. The highest BCUT2D eigenvalue weighted by atomic mass is 35.5. The number of nitrogens with zero attached hydrogens (tertiary/aromatic N) is 5. The van der Waals surface area contributed by atoms with Crippen molar-refractivity contribution < 1.29 is 13.9 Å². The number of carbonyl (C=O) groups is 1. The fourth-order valence-electron chi connectivity index (χ4n) is 6.58. The molecule has 1 saturated heterocycles. The summed E-state index contributed by atoms with van der Waals surface area (Å²) in [5.41, 5.74) is 3.20. The summed E-state index contributed by atoms with van der Waals surface area (Å²) in [7, 11) is 0. The van der Waals surface area contributed by atoms with Crippen molar-refractivity contribution >= 4 is 23.5 Å². The van der Waals surface area contributed by atoms with Gasteiger partial charge in [0.05, 0.1) is 54.9 Å². The first-order valence-corrected chi connectivity index (χ1v) is 15.4. The summed E-state index contributed by atoms with van der Waals surface area (Å²) >= 11 is 5.91. The van der Waals surface area contributed by atoms with Crippen molar-refractivity contribution in [1.29, 1.82) is 0 Å². The molecular formula is C33H34ClFN6O2. The lowest BCUT2D eigenvalue weighted by Gasteiger charge is -2.32. The fourth-order valence-corrected chi connectivity index (χ4v) is 6.68. The number of halogens is 2. The smallest absolute Gasteiger partial charge is 0.227 e. The molecular weight excluding hydrogens is 567 g/mol. The number of imidazole rings is 1. The Hall–Kier alpha value is -3.98. The molecule has 43 heavy (non-hydrogen) atoms. The second-order valence-electron chi connectivity index (χ2n) is 11.9. The van der Waals surface area contributed by atoms with Crippen molar-refractivity contribution in [3.05, 3.63) is 88.7 Å². The van der Waals surface area contributed by atoms with Crippen LogP contribution in [0.4, 0.5) is 10.3 Å². The molecule has 2 atom stereocenters. The summed E-state index contributed by atoms with van der Waals surface area (Å²) in [6.45, 7) is 3.39. The number of ether oxygens (including phenoxy) is 1. The van der Waals surface area contributed by atoms with Crippen molar-refractivity contribution in [3.8, 4) is 17.1 Å². The molecule has 1 amide bonds. The Morgan fingerprint density at radius 2 is 1.86 bits per heavy atom. The van der Waals surface area contributed by atoms with E-state index >= 15 is 0 Å². The Morgan fingerprint density at radius 1 is 1.07 bits per heavy atom. The van der Waals surface area contributed by atoms with Crippen LogP contribution in [0.5, 0.6) is 5.75 Å². The van der Waals surface area contributed by atoms with Gasteiger partial charge in [0, 0.05) is 24.7 Å². The van der Waals surface area contributed by atoms with Gasteiger partial charge in [-0.2, -0.15) is 0 Å². The van der Waals surface area contributed by atoms with Gasteiger partial charge in [-0.3, -0.25) is 4.79 Å². The maximum absolute atomic E-state index is 14.9. The molecule has 0 bridgehead atoms. The molecule has 2 aliphatic heterocycles. The first-order chi connectivity index (χ1) is 21.0. The predicted octanol–water partition coefficient (Wildman–Crippen LogP) is 6.07. The number of aromatic amines is 1. The molecule has 0 radical (unpaired) electrons. The molecule has 7 rings (SSSR count). The number of piperidine rings is 1. The largest absolute Gasteiger partial charge is 0.493 e. The summed E-state index contributed by atoms with van der Waals surface area (Å²) in [6.07, 6.45) is 7.82. The van der Waals surface area contributed by atoms with E-state index in [4.69, 9.17) is 16.3 Å². The highest BCUT2D eigenvalue weighted by Crippen LogP contribution is 2.50. The lowest BCUT2D eigenvalue weighted by Crippen LogP contribution is -2.35. The standard InChI is InChI=1S/C33H34ClFN6O2/c34-25-17-36-33(37-18-25)40-11-8-21(9-12-40)27-14-23(27)10-13-43-26-7-6-24(28(35)16-26)15-31(42)41-19-29-30(20-41)39-32(38-29)22-4-2-1-3-5-22/h1-7,16-18,21,23,27H,8-15,19-20H2,(H,38,39)/t23-,27?/m1/s1. The average Bonchev–Trinajstić information content (AvgIpc) is 3.51. The molecule has 2 fully saturated rings. The highest BCUT2D eigenvalue weighted by Gasteiger charge is 2.43. The Balaban J connectivity index is 0.840. The van der Waals surface area contributed by atoms with Crippen molar-refractivity contribution in [2.45, 2.75) is 45.2 Å². The van der Waals surface area contributed by atoms with Gasteiger partial charge in [-0.05, 0) is 55.1 Å². The molecule has 4 aromatic rings. The number of amides is 1. The normalized spacial score (nSPS) is 19.9. The lowest BCUT2D eigenvalue weighted by molar-refractivity contribution is -0.131. The molecule has 8 nitrogen and oxygen atoms in total. The predicted molar refractivity (Wildman–Crippen MR) is 162 cm³/mol. The minimum Gasteiger partial charge on any atom is -0.493 e. The zero-order chi connectivity index (χ0) is 29.3. The summed E-state index contributed by atoms with van der Waals surface area (Å²) in [5.74, 6) is 3.69. The van der Waals surface area contributed by atoms with E-state index in [2.05, 4.69) is 24.8 Å².